The first kappa shape index (κ1) is 31.1. The lowest BCUT2D eigenvalue weighted by Gasteiger charge is -2.42. The standard InChI is InChI=1S/C36H37F2N5O3/c37-29-11-6-12-30(38)33(29)35(45)42-20-15-36(16-21-42)14-7-19-41(32-24-39-17-18-40-32)22-23-43(25-27-8-2-1-3-9-27)34(44)28-10-4-5-13-31(28)46-26-36/h1-6,8-13,17-18,24H,7,14-16,19-23,25-26H2. The van der Waals surface area contributed by atoms with E-state index in [1.165, 1.54) is 11.0 Å². The number of fused-ring (bicyclic) bond motifs is 1. The number of hydrogen-bond donors (Lipinski definition) is 0. The summed E-state index contributed by atoms with van der Waals surface area (Å²) in [6.45, 7) is 3.18. The number of rotatable bonds is 4. The molecule has 0 saturated carbocycles. The van der Waals surface area contributed by atoms with Crippen LogP contribution in [0, 0.1) is 17.0 Å². The summed E-state index contributed by atoms with van der Waals surface area (Å²) in [5.41, 5.74) is 0.686. The molecule has 0 atom stereocenters. The summed E-state index contributed by atoms with van der Waals surface area (Å²) in [5.74, 6) is -1.23. The Balaban J connectivity index is 1.27. The first-order valence-electron chi connectivity index (χ1n) is 15.7. The van der Waals surface area contributed by atoms with Crippen molar-refractivity contribution in [3.8, 4) is 5.75 Å². The number of ether oxygens (including phenoxy) is 1. The maximum atomic E-state index is 14.4. The molecule has 10 heteroatoms. The van der Waals surface area contributed by atoms with Crippen molar-refractivity contribution in [2.45, 2.75) is 32.2 Å². The molecule has 0 radical (unpaired) electrons. The minimum absolute atomic E-state index is 0.126. The van der Waals surface area contributed by atoms with Crippen LogP contribution in [0.4, 0.5) is 14.6 Å². The van der Waals surface area contributed by atoms with Crippen molar-refractivity contribution in [2.24, 2.45) is 5.41 Å². The van der Waals surface area contributed by atoms with Crippen molar-refractivity contribution >= 4 is 17.6 Å². The highest BCUT2D eigenvalue weighted by Crippen LogP contribution is 2.38. The first-order chi connectivity index (χ1) is 22.4. The van der Waals surface area contributed by atoms with Crippen LogP contribution in [0.15, 0.2) is 91.4 Å². The minimum Gasteiger partial charge on any atom is -0.492 e. The van der Waals surface area contributed by atoms with Gasteiger partial charge in [0.25, 0.3) is 11.8 Å². The fraction of sp³-hybridized carbons (Fsp3) is 0.333. The van der Waals surface area contributed by atoms with E-state index in [-0.39, 0.29) is 11.3 Å². The zero-order valence-corrected chi connectivity index (χ0v) is 25.7. The van der Waals surface area contributed by atoms with Gasteiger partial charge >= 0.3 is 0 Å². The fourth-order valence-electron chi connectivity index (χ4n) is 6.42. The van der Waals surface area contributed by atoms with Crippen molar-refractivity contribution in [3.05, 3.63) is 120 Å². The van der Waals surface area contributed by atoms with E-state index < -0.39 is 23.1 Å². The number of piperidine rings is 1. The van der Waals surface area contributed by atoms with Gasteiger partial charge in [-0.1, -0.05) is 48.5 Å². The zero-order chi connectivity index (χ0) is 31.9. The number of carbonyl (C=O) groups is 2. The van der Waals surface area contributed by atoms with E-state index in [1.807, 2.05) is 53.4 Å². The highest BCUT2D eigenvalue weighted by molar-refractivity contribution is 5.97. The van der Waals surface area contributed by atoms with Crippen LogP contribution in [0.2, 0.25) is 0 Å². The van der Waals surface area contributed by atoms with Crippen LogP contribution < -0.4 is 9.64 Å². The third-order valence-electron chi connectivity index (χ3n) is 9.09. The maximum Gasteiger partial charge on any atom is 0.259 e. The fourth-order valence-corrected chi connectivity index (χ4v) is 6.42. The number of aromatic nitrogens is 2. The molecule has 1 aromatic heterocycles. The van der Waals surface area contributed by atoms with Gasteiger partial charge in [0, 0.05) is 57.1 Å². The number of amides is 2. The lowest BCUT2D eigenvalue weighted by Crippen LogP contribution is -2.46. The second-order valence-corrected chi connectivity index (χ2v) is 12.0. The van der Waals surface area contributed by atoms with Gasteiger partial charge in [-0.2, -0.15) is 0 Å². The number of likely N-dealkylation sites (tertiary alicyclic amines) is 1. The Labute approximate surface area is 267 Å². The molecule has 2 aliphatic heterocycles. The highest BCUT2D eigenvalue weighted by atomic mass is 19.1. The normalized spacial score (nSPS) is 17.3. The summed E-state index contributed by atoms with van der Waals surface area (Å²) < 4.78 is 35.4. The van der Waals surface area contributed by atoms with Crippen molar-refractivity contribution in [1.82, 2.24) is 19.8 Å². The Morgan fingerprint density at radius 1 is 0.826 bits per heavy atom. The molecule has 6 rings (SSSR count). The molecule has 238 valence electrons. The molecule has 0 bridgehead atoms. The number of carbonyl (C=O) groups excluding carboxylic acids is 2. The lowest BCUT2D eigenvalue weighted by molar-refractivity contribution is 0.0358. The van der Waals surface area contributed by atoms with Crippen molar-refractivity contribution in [3.63, 3.8) is 0 Å². The Morgan fingerprint density at radius 2 is 1.57 bits per heavy atom. The molecule has 3 heterocycles. The molecule has 0 aliphatic carbocycles. The van der Waals surface area contributed by atoms with Crippen LogP contribution in [-0.4, -0.2) is 70.9 Å². The second kappa shape index (κ2) is 14.1. The number of hydrogen-bond acceptors (Lipinski definition) is 6. The van der Waals surface area contributed by atoms with E-state index >= 15 is 0 Å². The van der Waals surface area contributed by atoms with Crippen LogP contribution in [0.1, 0.15) is 52.0 Å². The zero-order valence-electron chi connectivity index (χ0n) is 25.7. The lowest BCUT2D eigenvalue weighted by atomic mass is 9.75. The van der Waals surface area contributed by atoms with Gasteiger partial charge in [-0.15, -0.1) is 0 Å². The number of anilines is 1. The molecular formula is C36H37F2N5O3. The van der Waals surface area contributed by atoms with Gasteiger partial charge in [-0.3, -0.25) is 14.6 Å². The summed E-state index contributed by atoms with van der Waals surface area (Å²) in [7, 11) is 0. The van der Waals surface area contributed by atoms with E-state index in [1.54, 1.807) is 24.7 Å². The summed E-state index contributed by atoms with van der Waals surface area (Å²) >= 11 is 0. The SMILES string of the molecule is O=C1c2ccccc2OCC2(CCCN(c3cnccn3)CCN1Cc1ccccc1)CCN(C(=O)c1c(F)cccc1F)CC2. The van der Waals surface area contributed by atoms with Crippen LogP contribution in [0.3, 0.4) is 0 Å². The van der Waals surface area contributed by atoms with E-state index in [0.29, 0.717) is 70.0 Å². The predicted molar refractivity (Wildman–Crippen MR) is 171 cm³/mol. The van der Waals surface area contributed by atoms with E-state index in [4.69, 9.17) is 4.74 Å². The van der Waals surface area contributed by atoms with Gasteiger partial charge in [-0.25, -0.2) is 13.8 Å². The molecule has 2 aliphatic rings. The Morgan fingerprint density at radius 3 is 2.30 bits per heavy atom. The number of benzene rings is 3. The van der Waals surface area contributed by atoms with Gasteiger partial charge in [-0.05, 0) is 55.5 Å². The third-order valence-corrected chi connectivity index (χ3v) is 9.09. The molecule has 0 unspecified atom stereocenters. The Bertz CT molecular complexity index is 1630. The summed E-state index contributed by atoms with van der Waals surface area (Å²) in [4.78, 5) is 41.7. The molecular weight excluding hydrogens is 588 g/mol. The predicted octanol–water partition coefficient (Wildman–Crippen LogP) is 6.00. The monoisotopic (exact) mass is 625 g/mol. The van der Waals surface area contributed by atoms with Crippen LogP contribution in [0.5, 0.6) is 5.75 Å². The average molecular weight is 626 g/mol. The van der Waals surface area contributed by atoms with Gasteiger partial charge < -0.3 is 19.4 Å². The topological polar surface area (TPSA) is 78.9 Å². The highest BCUT2D eigenvalue weighted by Gasteiger charge is 2.38. The van der Waals surface area contributed by atoms with Crippen molar-refractivity contribution < 1.29 is 23.1 Å². The molecule has 1 spiro atoms. The van der Waals surface area contributed by atoms with Crippen molar-refractivity contribution in [1.29, 1.82) is 0 Å². The number of halogens is 2. The van der Waals surface area contributed by atoms with Gasteiger partial charge in [0.15, 0.2) is 0 Å². The molecule has 1 fully saturated rings. The molecule has 2 amide bonds. The van der Waals surface area contributed by atoms with Crippen LogP contribution >= 0.6 is 0 Å². The summed E-state index contributed by atoms with van der Waals surface area (Å²) in [6.07, 6.45) is 7.84. The number of para-hydroxylation sites is 1. The molecule has 1 saturated heterocycles. The van der Waals surface area contributed by atoms with Gasteiger partial charge in [0.1, 0.15) is 28.8 Å². The minimum atomic E-state index is -0.859. The molecule has 3 aromatic carbocycles. The summed E-state index contributed by atoms with van der Waals surface area (Å²) in [6, 6.07) is 20.7. The average Bonchev–Trinajstić information content (AvgIpc) is 3.09. The van der Waals surface area contributed by atoms with E-state index in [2.05, 4.69) is 14.9 Å². The van der Waals surface area contributed by atoms with E-state index in [9.17, 15) is 18.4 Å². The van der Waals surface area contributed by atoms with E-state index in [0.717, 1.165) is 36.4 Å². The molecule has 4 aromatic rings. The first-order valence-corrected chi connectivity index (χ1v) is 15.7. The van der Waals surface area contributed by atoms with Gasteiger partial charge in [0.2, 0.25) is 0 Å². The smallest absolute Gasteiger partial charge is 0.259 e. The summed E-state index contributed by atoms with van der Waals surface area (Å²) in [5, 5.41) is 0. The van der Waals surface area contributed by atoms with Crippen LogP contribution in [0.25, 0.3) is 0 Å². The quantitative estimate of drug-likeness (QED) is 0.277. The largest absolute Gasteiger partial charge is 0.492 e. The Hall–Kier alpha value is -4.86. The Kier molecular flexibility index (Phi) is 9.51. The van der Waals surface area contributed by atoms with Gasteiger partial charge in [0.05, 0.1) is 18.4 Å². The number of nitrogens with zero attached hydrogens (tertiary/aromatic N) is 5. The van der Waals surface area contributed by atoms with Crippen molar-refractivity contribution in [2.75, 3.05) is 44.2 Å². The maximum absolute atomic E-state index is 14.4. The second-order valence-electron chi connectivity index (χ2n) is 12.0. The molecule has 0 N–H and O–H groups in total. The van der Waals surface area contributed by atoms with Crippen LogP contribution in [-0.2, 0) is 6.54 Å². The molecule has 8 nitrogen and oxygen atoms in total. The third kappa shape index (κ3) is 7.01. The molecule has 46 heavy (non-hydrogen) atoms.